The molecule has 2 atom stereocenters. The molecule has 1 heterocycles. The third-order valence-corrected chi connectivity index (χ3v) is 4.20. The van der Waals surface area contributed by atoms with Crippen LogP contribution in [-0.4, -0.2) is 54.8 Å². The lowest BCUT2D eigenvalue weighted by atomic mass is 9.81. The van der Waals surface area contributed by atoms with Crippen molar-refractivity contribution >= 4 is 12.0 Å². The summed E-state index contributed by atoms with van der Waals surface area (Å²) in [6, 6.07) is 0. The predicted molar refractivity (Wildman–Crippen MR) is 93.8 cm³/mol. The maximum Gasteiger partial charge on any atom is 0.410 e. The van der Waals surface area contributed by atoms with Gasteiger partial charge in [0, 0.05) is 25.6 Å². The molecular weight excluding hydrogens is 308 g/mol. The van der Waals surface area contributed by atoms with Crippen molar-refractivity contribution in [1.82, 2.24) is 10.2 Å². The first-order chi connectivity index (χ1) is 10.9. The average molecular weight is 342 g/mol. The van der Waals surface area contributed by atoms with Crippen LogP contribution in [0.25, 0.3) is 0 Å². The SMILES string of the molecule is C[C@@H](C(=O)NC[C@H]1CN(C(=O)OC(C)(C)C)CCCO1)C(C)(C)C. The Labute approximate surface area is 146 Å². The molecular formula is C18H34N2O4. The van der Waals surface area contributed by atoms with E-state index < -0.39 is 5.60 Å². The summed E-state index contributed by atoms with van der Waals surface area (Å²) >= 11 is 0. The van der Waals surface area contributed by atoms with E-state index in [1.54, 1.807) is 4.90 Å². The third-order valence-electron chi connectivity index (χ3n) is 4.20. The summed E-state index contributed by atoms with van der Waals surface area (Å²) < 4.78 is 11.2. The Morgan fingerprint density at radius 2 is 1.88 bits per heavy atom. The maximum atomic E-state index is 12.3. The number of rotatable bonds is 3. The van der Waals surface area contributed by atoms with Gasteiger partial charge in [0.15, 0.2) is 0 Å². The van der Waals surface area contributed by atoms with Crippen molar-refractivity contribution in [2.45, 2.75) is 66.6 Å². The Bertz CT molecular complexity index is 437. The fraction of sp³-hybridized carbons (Fsp3) is 0.889. The number of ether oxygens (including phenoxy) is 2. The van der Waals surface area contributed by atoms with Crippen LogP contribution in [0.15, 0.2) is 0 Å². The number of carbonyl (C=O) groups is 2. The van der Waals surface area contributed by atoms with Gasteiger partial charge >= 0.3 is 6.09 Å². The zero-order valence-electron chi connectivity index (χ0n) is 16.3. The summed E-state index contributed by atoms with van der Waals surface area (Å²) in [4.78, 5) is 26.2. The van der Waals surface area contributed by atoms with Gasteiger partial charge in [-0.15, -0.1) is 0 Å². The number of hydrogen-bond donors (Lipinski definition) is 1. The molecule has 0 saturated carbocycles. The van der Waals surface area contributed by atoms with E-state index in [9.17, 15) is 9.59 Å². The molecule has 0 unspecified atom stereocenters. The Kier molecular flexibility index (Phi) is 7.08. The first kappa shape index (κ1) is 20.7. The van der Waals surface area contributed by atoms with Gasteiger partial charge in [0.2, 0.25) is 5.91 Å². The first-order valence-corrected chi connectivity index (χ1v) is 8.77. The molecule has 1 aliphatic rings. The van der Waals surface area contributed by atoms with Crippen molar-refractivity contribution < 1.29 is 19.1 Å². The molecule has 0 radical (unpaired) electrons. The second-order valence-electron chi connectivity index (χ2n) is 8.61. The van der Waals surface area contributed by atoms with Crippen LogP contribution in [0.2, 0.25) is 0 Å². The van der Waals surface area contributed by atoms with E-state index >= 15 is 0 Å². The zero-order chi connectivity index (χ0) is 18.5. The molecule has 0 bridgehead atoms. The fourth-order valence-corrected chi connectivity index (χ4v) is 2.27. The highest BCUT2D eigenvalue weighted by Gasteiger charge is 2.29. The van der Waals surface area contributed by atoms with Gasteiger partial charge in [0.05, 0.1) is 12.6 Å². The average Bonchev–Trinajstić information content (AvgIpc) is 2.66. The molecule has 1 aliphatic heterocycles. The highest BCUT2D eigenvalue weighted by Crippen LogP contribution is 2.25. The standard InChI is InChI=1S/C18H34N2O4/c1-13(17(2,3)4)15(21)19-11-14-12-20(9-8-10-23-14)16(22)24-18(5,6)7/h13-14H,8-12H2,1-7H3,(H,19,21)/t13-,14-/m0/s1. The van der Waals surface area contributed by atoms with Crippen LogP contribution in [0.1, 0.15) is 54.9 Å². The molecule has 1 saturated heterocycles. The second-order valence-corrected chi connectivity index (χ2v) is 8.61. The molecule has 0 aromatic heterocycles. The molecule has 1 N–H and O–H groups in total. The molecule has 0 aliphatic carbocycles. The number of nitrogens with zero attached hydrogens (tertiary/aromatic N) is 1. The van der Waals surface area contributed by atoms with Crippen molar-refractivity contribution in [3.8, 4) is 0 Å². The predicted octanol–water partition coefficient (Wildman–Crippen LogP) is 2.81. The van der Waals surface area contributed by atoms with Gasteiger partial charge in [0.1, 0.15) is 5.60 Å². The van der Waals surface area contributed by atoms with Crippen LogP contribution in [-0.2, 0) is 14.3 Å². The summed E-state index contributed by atoms with van der Waals surface area (Å²) in [7, 11) is 0. The maximum absolute atomic E-state index is 12.3. The van der Waals surface area contributed by atoms with Crippen molar-refractivity contribution in [3.63, 3.8) is 0 Å². The van der Waals surface area contributed by atoms with E-state index in [0.29, 0.717) is 26.2 Å². The summed E-state index contributed by atoms with van der Waals surface area (Å²) in [6.07, 6.45) is 0.228. The van der Waals surface area contributed by atoms with E-state index in [0.717, 1.165) is 6.42 Å². The van der Waals surface area contributed by atoms with Crippen LogP contribution in [0.4, 0.5) is 4.79 Å². The molecule has 0 spiro atoms. The fourth-order valence-electron chi connectivity index (χ4n) is 2.27. The topological polar surface area (TPSA) is 67.9 Å². The van der Waals surface area contributed by atoms with Crippen molar-refractivity contribution in [1.29, 1.82) is 0 Å². The smallest absolute Gasteiger partial charge is 0.410 e. The van der Waals surface area contributed by atoms with Gasteiger partial charge in [-0.1, -0.05) is 27.7 Å². The summed E-state index contributed by atoms with van der Waals surface area (Å²) in [5.41, 5.74) is -0.604. The highest BCUT2D eigenvalue weighted by atomic mass is 16.6. The minimum atomic E-state index is -0.518. The molecule has 140 valence electrons. The van der Waals surface area contributed by atoms with Gasteiger partial charge < -0.3 is 19.7 Å². The van der Waals surface area contributed by atoms with E-state index in [-0.39, 0.29) is 29.4 Å². The molecule has 2 amide bonds. The normalized spacial score (nSPS) is 21.0. The van der Waals surface area contributed by atoms with Crippen LogP contribution in [0.5, 0.6) is 0 Å². The lowest BCUT2D eigenvalue weighted by Crippen LogP contribution is -2.45. The van der Waals surface area contributed by atoms with Crippen LogP contribution < -0.4 is 5.32 Å². The van der Waals surface area contributed by atoms with E-state index in [1.165, 1.54) is 0 Å². The molecule has 1 fully saturated rings. The Hall–Kier alpha value is -1.30. The van der Waals surface area contributed by atoms with Crippen molar-refractivity contribution in [2.24, 2.45) is 11.3 Å². The highest BCUT2D eigenvalue weighted by molar-refractivity contribution is 5.79. The van der Waals surface area contributed by atoms with Gasteiger partial charge in [-0.3, -0.25) is 4.79 Å². The Balaban J connectivity index is 2.56. The monoisotopic (exact) mass is 342 g/mol. The Morgan fingerprint density at radius 3 is 2.42 bits per heavy atom. The molecule has 6 heteroatoms. The Morgan fingerprint density at radius 1 is 1.25 bits per heavy atom. The number of amides is 2. The van der Waals surface area contributed by atoms with Crippen molar-refractivity contribution in [2.75, 3.05) is 26.2 Å². The van der Waals surface area contributed by atoms with Gasteiger partial charge in [-0.25, -0.2) is 4.79 Å². The van der Waals surface area contributed by atoms with Gasteiger partial charge in [-0.05, 0) is 32.6 Å². The molecule has 24 heavy (non-hydrogen) atoms. The molecule has 1 rings (SSSR count). The molecule has 6 nitrogen and oxygen atoms in total. The minimum Gasteiger partial charge on any atom is -0.444 e. The summed E-state index contributed by atoms with van der Waals surface area (Å²) in [6.45, 7) is 15.6. The molecule has 0 aromatic rings. The summed E-state index contributed by atoms with van der Waals surface area (Å²) in [5.74, 6) is -0.0793. The summed E-state index contributed by atoms with van der Waals surface area (Å²) in [5, 5.41) is 2.95. The van der Waals surface area contributed by atoms with E-state index in [4.69, 9.17) is 9.47 Å². The quantitative estimate of drug-likeness (QED) is 0.856. The second kappa shape index (κ2) is 8.19. The van der Waals surface area contributed by atoms with Crippen LogP contribution in [0, 0.1) is 11.3 Å². The van der Waals surface area contributed by atoms with Gasteiger partial charge in [-0.2, -0.15) is 0 Å². The lowest BCUT2D eigenvalue weighted by molar-refractivity contribution is -0.128. The van der Waals surface area contributed by atoms with Crippen molar-refractivity contribution in [3.05, 3.63) is 0 Å². The number of nitrogens with one attached hydrogen (secondary N) is 1. The number of hydrogen-bond acceptors (Lipinski definition) is 4. The molecule has 0 aromatic carbocycles. The van der Waals surface area contributed by atoms with E-state index in [1.807, 2.05) is 48.5 Å². The van der Waals surface area contributed by atoms with Crippen LogP contribution >= 0.6 is 0 Å². The lowest BCUT2D eigenvalue weighted by Gasteiger charge is -2.29. The van der Waals surface area contributed by atoms with Gasteiger partial charge in [0.25, 0.3) is 0 Å². The number of carbonyl (C=O) groups excluding carboxylic acids is 2. The minimum absolute atomic E-state index is 0.0131. The van der Waals surface area contributed by atoms with E-state index in [2.05, 4.69) is 5.32 Å². The first-order valence-electron chi connectivity index (χ1n) is 8.77. The largest absolute Gasteiger partial charge is 0.444 e. The van der Waals surface area contributed by atoms with Crippen LogP contribution in [0.3, 0.4) is 0 Å². The third kappa shape index (κ3) is 7.07. The zero-order valence-corrected chi connectivity index (χ0v) is 16.3.